The lowest BCUT2D eigenvalue weighted by molar-refractivity contribution is -0.288. The van der Waals surface area contributed by atoms with E-state index in [9.17, 15) is 52.3 Å². The van der Waals surface area contributed by atoms with Crippen molar-refractivity contribution in [2.75, 3.05) is 0 Å². The van der Waals surface area contributed by atoms with E-state index < -0.39 is 75.8 Å². The number of hydrogen-bond acceptors (Lipinski definition) is 6. The van der Waals surface area contributed by atoms with E-state index >= 15 is 0 Å². The zero-order valence-corrected chi connectivity index (χ0v) is 27.5. The van der Waals surface area contributed by atoms with Gasteiger partial charge in [-0.15, -0.1) is 0 Å². The van der Waals surface area contributed by atoms with Crippen molar-refractivity contribution >= 4 is 32.0 Å². The van der Waals surface area contributed by atoms with Crippen LogP contribution in [0, 0.1) is 0 Å². The second kappa shape index (κ2) is 12.6. The van der Waals surface area contributed by atoms with E-state index in [2.05, 4.69) is 0 Å². The highest BCUT2D eigenvalue weighted by Crippen LogP contribution is 2.56. The van der Waals surface area contributed by atoms with Gasteiger partial charge in [0.1, 0.15) is 16.4 Å². The van der Waals surface area contributed by atoms with Gasteiger partial charge in [-0.2, -0.15) is 43.2 Å². The Morgan fingerprint density at radius 2 is 1.04 bits per heavy atom. The Balaban J connectivity index is 1.73. The minimum absolute atomic E-state index is 0.0990. The highest BCUT2D eigenvalue weighted by atomic mass is 32.2. The summed E-state index contributed by atoms with van der Waals surface area (Å²) in [6.07, 6.45) is -11.7. The van der Waals surface area contributed by atoms with Gasteiger partial charge in [0.05, 0.1) is 0 Å². The molecule has 0 aliphatic carbocycles. The maximum absolute atomic E-state index is 14.6. The number of halogens is 6. The van der Waals surface area contributed by atoms with Crippen molar-refractivity contribution in [3.63, 3.8) is 0 Å². The van der Waals surface area contributed by atoms with E-state index in [4.69, 9.17) is 9.84 Å². The summed E-state index contributed by atoms with van der Waals surface area (Å²) >= 11 is 0.778. The minimum atomic E-state index is -5.84. The van der Waals surface area contributed by atoms with Gasteiger partial charge in [-0.25, -0.2) is 0 Å². The van der Waals surface area contributed by atoms with E-state index in [-0.39, 0.29) is 15.5 Å². The van der Waals surface area contributed by atoms with E-state index in [1.165, 1.54) is 24.3 Å². The molecule has 0 spiro atoms. The van der Waals surface area contributed by atoms with Crippen LogP contribution in [-0.2, 0) is 31.1 Å². The van der Waals surface area contributed by atoms with Crippen LogP contribution in [0.4, 0.5) is 26.3 Å². The molecule has 4 aromatic carbocycles. The van der Waals surface area contributed by atoms with Gasteiger partial charge in [0.25, 0.3) is 15.9 Å². The van der Waals surface area contributed by atoms with Crippen LogP contribution in [0.25, 0.3) is 0 Å². The topological polar surface area (TPSA) is 141 Å². The molecule has 17 heteroatoms. The SMILES string of the molecule is CC(C)(C)c1ccc(C(c2ccc(Oc3ccc(Sc4ccc([OH2+])c(S(=O)(=O)O)c4)cc3S(=O)(=O)O)cc2)(C(F)(F)F)C(F)(F)F)cc1. The second-order valence-corrected chi connectivity index (χ2v) is 15.4. The maximum atomic E-state index is 14.6. The van der Waals surface area contributed by atoms with Gasteiger partial charge in [0, 0.05) is 15.9 Å². The maximum Gasteiger partial charge on any atom is 0.411 e. The standard InChI is InChI=1S/C31H26F6O8S3/c1-28(2,3)18-4-6-19(7-5-18)29(30(32,33)34,31(35,36)37)20-8-10-21(11-9-20)45-25-15-13-23(17-27(25)48(42,43)44)46-22-12-14-24(38)26(16-22)47(39,40)41/h4-17,38H,1-3H3,(H,39,40,41)(H,42,43,44)/p+1. The summed E-state index contributed by atoms with van der Waals surface area (Å²) in [6.45, 7) is 5.25. The first-order chi connectivity index (χ1) is 21.9. The molecular weight excluding hydrogens is 711 g/mol. The fraction of sp³-hybridized carbons (Fsp3) is 0.226. The summed E-state index contributed by atoms with van der Waals surface area (Å²) < 4.78 is 160. The van der Waals surface area contributed by atoms with Crippen LogP contribution in [0.2, 0.25) is 0 Å². The highest BCUT2D eigenvalue weighted by Gasteiger charge is 2.72. The minimum Gasteiger partial charge on any atom is -0.592 e. The van der Waals surface area contributed by atoms with Crippen molar-refractivity contribution in [2.45, 2.75) is 63.5 Å². The van der Waals surface area contributed by atoms with Crippen molar-refractivity contribution < 1.29 is 62.1 Å². The quantitative estimate of drug-likeness (QED) is 0.105. The number of benzene rings is 4. The molecule has 0 fully saturated rings. The Morgan fingerprint density at radius 3 is 1.48 bits per heavy atom. The van der Waals surface area contributed by atoms with Crippen molar-refractivity contribution in [3.05, 3.63) is 102 Å². The first kappa shape index (κ1) is 37.1. The predicted octanol–water partition coefficient (Wildman–Crippen LogP) is 8.27. The van der Waals surface area contributed by atoms with Crippen LogP contribution in [-0.4, -0.2) is 43.4 Å². The Kier molecular flexibility index (Phi) is 9.73. The fourth-order valence-corrected chi connectivity index (χ4v) is 7.16. The first-order valence-electron chi connectivity index (χ1n) is 13.5. The molecule has 0 amide bonds. The molecule has 0 radical (unpaired) electrons. The molecule has 48 heavy (non-hydrogen) atoms. The molecule has 0 saturated carbocycles. The fourth-order valence-electron chi connectivity index (χ4n) is 4.86. The van der Waals surface area contributed by atoms with Crippen molar-refractivity contribution in [1.29, 1.82) is 0 Å². The number of alkyl halides is 6. The van der Waals surface area contributed by atoms with Crippen LogP contribution in [0.3, 0.4) is 0 Å². The van der Waals surface area contributed by atoms with Crippen molar-refractivity contribution in [1.82, 2.24) is 0 Å². The van der Waals surface area contributed by atoms with Crippen LogP contribution in [0.1, 0.15) is 37.5 Å². The number of rotatable bonds is 8. The van der Waals surface area contributed by atoms with E-state index in [1.807, 2.05) is 0 Å². The molecule has 4 rings (SSSR count). The van der Waals surface area contributed by atoms with Gasteiger partial charge in [-0.3, -0.25) is 9.11 Å². The van der Waals surface area contributed by atoms with Gasteiger partial charge < -0.3 is 9.84 Å². The van der Waals surface area contributed by atoms with Crippen molar-refractivity contribution in [3.8, 4) is 17.2 Å². The molecule has 4 aromatic rings. The molecule has 0 atom stereocenters. The number of hydrogen-bond donors (Lipinski definition) is 2. The van der Waals surface area contributed by atoms with E-state index in [0.717, 1.165) is 60.3 Å². The normalized spacial score (nSPS) is 13.4. The lowest BCUT2D eigenvalue weighted by Crippen LogP contribution is -2.54. The van der Waals surface area contributed by atoms with Gasteiger partial charge in [-0.05, 0) is 64.6 Å². The molecular formula is C31H27F6O8S3+. The molecule has 0 unspecified atom stereocenters. The summed E-state index contributed by atoms with van der Waals surface area (Å²) in [5.74, 6) is -1.41. The summed E-state index contributed by atoms with van der Waals surface area (Å²) in [5, 5.41) is 7.64. The third-order valence-corrected chi connectivity index (χ3v) is 9.96. The third-order valence-electron chi connectivity index (χ3n) is 7.21. The molecule has 8 nitrogen and oxygen atoms in total. The summed E-state index contributed by atoms with van der Waals surface area (Å²) in [6, 6.07) is 13.3. The van der Waals surface area contributed by atoms with Gasteiger partial charge in [0.15, 0.2) is 4.90 Å². The Bertz CT molecular complexity index is 2020. The highest BCUT2D eigenvalue weighted by molar-refractivity contribution is 7.99. The Morgan fingerprint density at radius 1 is 0.625 bits per heavy atom. The summed E-state index contributed by atoms with van der Waals surface area (Å²) in [4.78, 5) is -1.30. The smallest absolute Gasteiger partial charge is 0.411 e. The third kappa shape index (κ3) is 7.44. The number of ether oxygens (including phenoxy) is 1. The average Bonchev–Trinajstić information content (AvgIpc) is 2.93. The largest absolute Gasteiger partial charge is 0.592 e. The van der Waals surface area contributed by atoms with Crippen LogP contribution >= 0.6 is 11.8 Å². The Hall–Kier alpha value is -3.77. The van der Waals surface area contributed by atoms with Crippen LogP contribution in [0.5, 0.6) is 17.2 Å². The van der Waals surface area contributed by atoms with Gasteiger partial charge >= 0.3 is 22.5 Å². The van der Waals surface area contributed by atoms with Gasteiger partial charge in [-0.1, -0.05) is 68.9 Å². The molecule has 0 aliphatic rings. The summed E-state index contributed by atoms with van der Waals surface area (Å²) in [7, 11) is -9.78. The lowest BCUT2D eigenvalue weighted by Gasteiger charge is -2.38. The molecule has 4 N–H and O–H groups in total. The Labute approximate surface area is 275 Å². The predicted molar refractivity (Wildman–Crippen MR) is 164 cm³/mol. The average molecular weight is 738 g/mol. The molecule has 0 heterocycles. The first-order valence-corrected chi connectivity index (χ1v) is 17.2. The lowest BCUT2D eigenvalue weighted by atomic mass is 9.72. The molecule has 0 aromatic heterocycles. The molecule has 258 valence electrons. The monoisotopic (exact) mass is 737 g/mol. The van der Waals surface area contributed by atoms with E-state index in [1.54, 1.807) is 20.8 Å². The molecule has 0 saturated heterocycles. The van der Waals surface area contributed by atoms with Crippen molar-refractivity contribution in [2.24, 2.45) is 0 Å². The summed E-state index contributed by atoms with van der Waals surface area (Å²) in [5.41, 5.74) is -6.70. The second-order valence-electron chi connectivity index (χ2n) is 11.5. The molecule has 0 bridgehead atoms. The van der Waals surface area contributed by atoms with Crippen LogP contribution in [0.15, 0.2) is 105 Å². The van der Waals surface area contributed by atoms with Crippen LogP contribution < -0.4 is 4.74 Å². The van der Waals surface area contributed by atoms with E-state index in [0.29, 0.717) is 17.7 Å². The molecule has 0 aliphatic heterocycles. The van der Waals surface area contributed by atoms with Gasteiger partial charge in [0.2, 0.25) is 5.41 Å². The zero-order chi connectivity index (χ0) is 36.1. The zero-order valence-electron chi connectivity index (χ0n) is 25.0.